The first-order valence-electron chi connectivity index (χ1n) is 6.26. The summed E-state index contributed by atoms with van der Waals surface area (Å²) in [6, 6.07) is 6.54. The zero-order valence-electron chi connectivity index (χ0n) is 11.2. The van der Waals surface area contributed by atoms with Crippen LogP contribution in [0.3, 0.4) is 0 Å². The minimum absolute atomic E-state index is 0.0839. The molecule has 1 heterocycles. The van der Waals surface area contributed by atoms with Crippen molar-refractivity contribution >= 4 is 5.95 Å². The molecule has 112 valence electrons. The maximum absolute atomic E-state index is 12.8. The Kier molecular flexibility index (Phi) is 4.40. The molecule has 1 aromatic carbocycles. The Labute approximate surface area is 119 Å². The first-order chi connectivity index (χ1) is 9.84. The predicted molar refractivity (Wildman–Crippen MR) is 70.2 cm³/mol. The zero-order valence-corrected chi connectivity index (χ0v) is 11.2. The fourth-order valence-electron chi connectivity index (χ4n) is 1.83. The Bertz CT molecular complexity index is 596. The maximum Gasteiger partial charge on any atom is 0.433 e. The monoisotopic (exact) mass is 299 g/mol. The van der Waals surface area contributed by atoms with Gasteiger partial charge in [-0.1, -0.05) is 12.1 Å². The van der Waals surface area contributed by atoms with Crippen LogP contribution in [0.25, 0.3) is 0 Å². The number of hydrogen-bond donors (Lipinski definition) is 1. The minimum atomic E-state index is -4.50. The van der Waals surface area contributed by atoms with E-state index in [1.54, 1.807) is 19.1 Å². The van der Waals surface area contributed by atoms with Crippen molar-refractivity contribution in [2.75, 3.05) is 5.32 Å². The third kappa shape index (κ3) is 4.40. The lowest BCUT2D eigenvalue weighted by Gasteiger charge is -2.14. The molecule has 0 aliphatic rings. The fraction of sp³-hybridized carbons (Fsp3) is 0.286. The molecular weight excluding hydrogens is 286 g/mol. The van der Waals surface area contributed by atoms with Gasteiger partial charge in [0, 0.05) is 12.2 Å². The summed E-state index contributed by atoms with van der Waals surface area (Å²) in [5, 5.41) is 2.80. The second kappa shape index (κ2) is 6.07. The van der Waals surface area contributed by atoms with Crippen LogP contribution in [-0.2, 0) is 12.6 Å². The number of anilines is 1. The maximum atomic E-state index is 12.8. The number of nitrogens with one attached hydrogen (secondary N) is 1. The first kappa shape index (κ1) is 15.2. The van der Waals surface area contributed by atoms with E-state index in [4.69, 9.17) is 0 Å². The number of benzene rings is 1. The highest BCUT2D eigenvalue weighted by Crippen LogP contribution is 2.27. The van der Waals surface area contributed by atoms with Gasteiger partial charge in [-0.05, 0) is 37.1 Å². The molecule has 21 heavy (non-hydrogen) atoms. The fourth-order valence-corrected chi connectivity index (χ4v) is 1.83. The summed E-state index contributed by atoms with van der Waals surface area (Å²) in [7, 11) is 0. The topological polar surface area (TPSA) is 37.8 Å². The van der Waals surface area contributed by atoms with Gasteiger partial charge in [0.15, 0.2) is 0 Å². The van der Waals surface area contributed by atoms with Crippen LogP contribution in [0.15, 0.2) is 36.5 Å². The van der Waals surface area contributed by atoms with Gasteiger partial charge in [-0.15, -0.1) is 0 Å². The molecule has 0 spiro atoms. The number of aromatic nitrogens is 2. The predicted octanol–water partition coefficient (Wildman–Crippen LogP) is 3.68. The molecule has 1 unspecified atom stereocenters. The van der Waals surface area contributed by atoms with Crippen molar-refractivity contribution in [3.8, 4) is 0 Å². The molecule has 1 atom stereocenters. The largest absolute Gasteiger partial charge is 0.433 e. The van der Waals surface area contributed by atoms with Crippen molar-refractivity contribution in [2.24, 2.45) is 0 Å². The lowest BCUT2D eigenvalue weighted by molar-refractivity contribution is -0.141. The lowest BCUT2D eigenvalue weighted by Crippen LogP contribution is -2.21. The van der Waals surface area contributed by atoms with E-state index in [-0.39, 0.29) is 17.8 Å². The standard InChI is InChI=1S/C14H13F4N3/c1-9(8-10-2-4-11(15)5-3-10)20-13-19-7-6-12(21-13)14(16,17)18/h2-7,9H,8H2,1H3,(H,19,20,21). The number of nitrogens with zero attached hydrogens (tertiary/aromatic N) is 2. The molecule has 1 N–H and O–H groups in total. The summed E-state index contributed by atoms with van der Waals surface area (Å²) in [5.74, 6) is -0.417. The summed E-state index contributed by atoms with van der Waals surface area (Å²) in [5.41, 5.74) is -0.127. The molecule has 7 heteroatoms. The van der Waals surface area contributed by atoms with Crippen LogP contribution < -0.4 is 5.32 Å². The van der Waals surface area contributed by atoms with E-state index in [9.17, 15) is 17.6 Å². The highest BCUT2D eigenvalue weighted by Gasteiger charge is 2.32. The second-order valence-electron chi connectivity index (χ2n) is 4.64. The van der Waals surface area contributed by atoms with Crippen LogP contribution in [0.5, 0.6) is 0 Å². The van der Waals surface area contributed by atoms with Crippen LogP contribution in [0.1, 0.15) is 18.2 Å². The van der Waals surface area contributed by atoms with E-state index in [1.165, 1.54) is 12.1 Å². The van der Waals surface area contributed by atoms with Gasteiger partial charge in [-0.3, -0.25) is 0 Å². The van der Waals surface area contributed by atoms with Gasteiger partial charge in [0.25, 0.3) is 0 Å². The zero-order chi connectivity index (χ0) is 15.5. The van der Waals surface area contributed by atoms with Gasteiger partial charge >= 0.3 is 6.18 Å². The molecule has 0 saturated carbocycles. The molecule has 0 bridgehead atoms. The molecule has 0 fully saturated rings. The Morgan fingerprint density at radius 1 is 1.14 bits per heavy atom. The highest BCUT2D eigenvalue weighted by molar-refractivity contribution is 5.29. The van der Waals surface area contributed by atoms with Crippen molar-refractivity contribution in [2.45, 2.75) is 25.6 Å². The first-order valence-corrected chi connectivity index (χ1v) is 6.26. The van der Waals surface area contributed by atoms with E-state index in [0.717, 1.165) is 17.8 Å². The van der Waals surface area contributed by atoms with Gasteiger partial charge < -0.3 is 5.32 Å². The Balaban J connectivity index is 2.02. The molecule has 0 aliphatic heterocycles. The molecule has 2 rings (SSSR count). The van der Waals surface area contributed by atoms with Gasteiger partial charge in [0.2, 0.25) is 5.95 Å². The van der Waals surface area contributed by atoms with E-state index in [1.807, 2.05) is 0 Å². The van der Waals surface area contributed by atoms with Gasteiger partial charge in [-0.25, -0.2) is 14.4 Å². The lowest BCUT2D eigenvalue weighted by atomic mass is 10.1. The summed E-state index contributed by atoms with van der Waals surface area (Å²) in [6.45, 7) is 1.78. The minimum Gasteiger partial charge on any atom is -0.351 e. The molecule has 3 nitrogen and oxygen atoms in total. The molecule has 0 aliphatic carbocycles. The molecule has 0 saturated heterocycles. The molecule has 0 amide bonds. The summed E-state index contributed by atoms with van der Waals surface area (Å²) >= 11 is 0. The van der Waals surface area contributed by atoms with E-state index < -0.39 is 11.9 Å². The van der Waals surface area contributed by atoms with Crippen molar-refractivity contribution < 1.29 is 17.6 Å². The van der Waals surface area contributed by atoms with Crippen molar-refractivity contribution in [1.82, 2.24) is 9.97 Å². The normalized spacial score (nSPS) is 13.0. The Hall–Kier alpha value is -2.18. The van der Waals surface area contributed by atoms with Gasteiger partial charge in [-0.2, -0.15) is 13.2 Å². The summed E-state index contributed by atoms with van der Waals surface area (Å²) in [6.07, 6.45) is -2.93. The van der Waals surface area contributed by atoms with Crippen LogP contribution in [-0.4, -0.2) is 16.0 Å². The Morgan fingerprint density at radius 3 is 2.43 bits per heavy atom. The van der Waals surface area contributed by atoms with Crippen molar-refractivity contribution in [3.63, 3.8) is 0 Å². The van der Waals surface area contributed by atoms with Crippen molar-refractivity contribution in [3.05, 3.63) is 53.6 Å². The third-order valence-corrected chi connectivity index (χ3v) is 2.78. The van der Waals surface area contributed by atoms with E-state index in [0.29, 0.717) is 6.42 Å². The molecular formula is C14H13F4N3. The van der Waals surface area contributed by atoms with Crippen LogP contribution in [0, 0.1) is 5.82 Å². The number of alkyl halides is 3. The highest BCUT2D eigenvalue weighted by atomic mass is 19.4. The average molecular weight is 299 g/mol. The van der Waals surface area contributed by atoms with Crippen LogP contribution in [0.4, 0.5) is 23.5 Å². The number of halogens is 4. The van der Waals surface area contributed by atoms with Crippen molar-refractivity contribution in [1.29, 1.82) is 0 Å². The van der Waals surface area contributed by atoms with Crippen LogP contribution in [0.2, 0.25) is 0 Å². The SMILES string of the molecule is CC(Cc1ccc(F)cc1)Nc1nccc(C(F)(F)F)n1. The Morgan fingerprint density at radius 2 is 1.81 bits per heavy atom. The molecule has 0 radical (unpaired) electrons. The number of hydrogen-bond acceptors (Lipinski definition) is 3. The molecule has 2 aromatic rings. The summed E-state index contributed by atoms with van der Waals surface area (Å²) < 4.78 is 50.4. The van der Waals surface area contributed by atoms with Crippen LogP contribution >= 0.6 is 0 Å². The quantitative estimate of drug-likeness (QED) is 0.875. The van der Waals surface area contributed by atoms with Gasteiger partial charge in [0.05, 0.1) is 0 Å². The number of rotatable bonds is 4. The molecule has 1 aromatic heterocycles. The third-order valence-electron chi connectivity index (χ3n) is 2.78. The van der Waals surface area contributed by atoms with Gasteiger partial charge in [0.1, 0.15) is 11.5 Å². The second-order valence-corrected chi connectivity index (χ2v) is 4.64. The summed E-state index contributed by atoms with van der Waals surface area (Å²) in [4.78, 5) is 7.20. The average Bonchev–Trinajstić information content (AvgIpc) is 2.41. The van der Waals surface area contributed by atoms with E-state index >= 15 is 0 Å². The van der Waals surface area contributed by atoms with E-state index in [2.05, 4.69) is 15.3 Å². The smallest absolute Gasteiger partial charge is 0.351 e.